The van der Waals surface area contributed by atoms with Gasteiger partial charge in [-0.2, -0.15) is 0 Å². The minimum absolute atomic E-state index is 0.0210. The summed E-state index contributed by atoms with van der Waals surface area (Å²) >= 11 is 4.64. The first-order chi connectivity index (χ1) is 8.48. The second-order valence-corrected chi connectivity index (χ2v) is 6.72. The number of thiocarbonyl (C=S) groups is 1. The van der Waals surface area contributed by atoms with E-state index < -0.39 is 10.0 Å². The third kappa shape index (κ3) is 3.20. The molecule has 0 saturated carbocycles. The van der Waals surface area contributed by atoms with Gasteiger partial charge in [0.1, 0.15) is 5.75 Å². The van der Waals surface area contributed by atoms with Crippen molar-refractivity contribution in [3.63, 3.8) is 0 Å². The minimum Gasteiger partial charge on any atom is -0.392 e. The van der Waals surface area contributed by atoms with Gasteiger partial charge in [0.05, 0.1) is 10.7 Å². The van der Waals surface area contributed by atoms with Crippen LogP contribution in [-0.2, 0) is 22.9 Å². The Bertz CT molecular complexity index is 567. The van der Waals surface area contributed by atoms with Gasteiger partial charge < -0.3 is 5.73 Å². The van der Waals surface area contributed by atoms with Crippen LogP contribution < -0.4 is 10.5 Å². The molecule has 4 nitrogen and oxygen atoms in total. The summed E-state index contributed by atoms with van der Waals surface area (Å²) in [6, 6.07) is 5.73. The predicted octanol–water partition coefficient (Wildman–Crippen LogP) is 1.59. The Hall–Kier alpha value is -1.14. The number of nitrogens with two attached hydrogens (primary N) is 1. The fourth-order valence-corrected chi connectivity index (χ4v) is 3.71. The number of benzene rings is 1. The van der Waals surface area contributed by atoms with Crippen molar-refractivity contribution in [3.05, 3.63) is 29.3 Å². The van der Waals surface area contributed by atoms with Crippen molar-refractivity contribution in [2.45, 2.75) is 25.7 Å². The zero-order valence-corrected chi connectivity index (χ0v) is 11.6. The first-order valence-corrected chi connectivity index (χ1v) is 7.93. The summed E-state index contributed by atoms with van der Waals surface area (Å²) in [5, 5.41) is 0. The van der Waals surface area contributed by atoms with Gasteiger partial charge in [-0.05, 0) is 42.9 Å². The quantitative estimate of drug-likeness (QED) is 0.824. The normalized spacial score (nSPS) is 14.9. The van der Waals surface area contributed by atoms with Crippen LogP contribution in [0.2, 0.25) is 0 Å². The lowest BCUT2D eigenvalue weighted by molar-refractivity contribution is 0.604. The van der Waals surface area contributed by atoms with Crippen LogP contribution in [0.4, 0.5) is 5.69 Å². The summed E-state index contributed by atoms with van der Waals surface area (Å²) in [6.07, 6.45) is 4.19. The number of hydrogen-bond donors (Lipinski definition) is 2. The van der Waals surface area contributed by atoms with E-state index >= 15 is 0 Å². The maximum Gasteiger partial charge on any atom is 0.239 e. The van der Waals surface area contributed by atoms with Gasteiger partial charge in [0.15, 0.2) is 0 Å². The molecule has 0 aliphatic heterocycles. The van der Waals surface area contributed by atoms with E-state index in [0.717, 1.165) is 31.2 Å². The van der Waals surface area contributed by atoms with Crippen LogP contribution in [0.5, 0.6) is 0 Å². The smallest absolute Gasteiger partial charge is 0.239 e. The van der Waals surface area contributed by atoms with Crippen LogP contribution >= 0.6 is 12.2 Å². The average molecular weight is 284 g/mol. The maximum absolute atomic E-state index is 11.8. The van der Waals surface area contributed by atoms with Crippen LogP contribution in [0.3, 0.4) is 0 Å². The highest BCUT2D eigenvalue weighted by Crippen LogP contribution is 2.28. The van der Waals surface area contributed by atoms with E-state index in [2.05, 4.69) is 23.0 Å². The molecule has 1 aromatic carbocycles. The molecule has 0 bridgehead atoms. The second kappa shape index (κ2) is 5.24. The standard InChI is InChI=1S/C12H16N2O2S2/c13-12(17)8-18(15,16)14-11-7-3-5-9-4-1-2-6-10(9)11/h3,5,7,14H,1-2,4,6,8H2,(H2,13,17). The molecular weight excluding hydrogens is 268 g/mol. The molecule has 3 N–H and O–H groups in total. The lowest BCUT2D eigenvalue weighted by Crippen LogP contribution is -2.27. The summed E-state index contributed by atoms with van der Waals surface area (Å²) in [7, 11) is -3.48. The van der Waals surface area contributed by atoms with Gasteiger partial charge in [0.25, 0.3) is 0 Å². The van der Waals surface area contributed by atoms with Crippen LogP contribution in [0.1, 0.15) is 24.0 Å². The van der Waals surface area contributed by atoms with Crippen LogP contribution in [-0.4, -0.2) is 19.2 Å². The molecule has 0 saturated heterocycles. The molecule has 6 heteroatoms. The van der Waals surface area contributed by atoms with E-state index in [9.17, 15) is 8.42 Å². The largest absolute Gasteiger partial charge is 0.392 e. The third-order valence-corrected chi connectivity index (χ3v) is 4.54. The van der Waals surface area contributed by atoms with Gasteiger partial charge in [-0.1, -0.05) is 24.4 Å². The Morgan fingerprint density at radius 1 is 1.33 bits per heavy atom. The van der Waals surface area contributed by atoms with Gasteiger partial charge in [0.2, 0.25) is 10.0 Å². The molecule has 98 valence electrons. The van der Waals surface area contributed by atoms with E-state index in [1.54, 1.807) is 6.07 Å². The van der Waals surface area contributed by atoms with Crippen molar-refractivity contribution < 1.29 is 8.42 Å². The van der Waals surface area contributed by atoms with Crippen molar-refractivity contribution in [3.8, 4) is 0 Å². The van der Waals surface area contributed by atoms with Gasteiger partial charge >= 0.3 is 0 Å². The second-order valence-electron chi connectivity index (χ2n) is 4.48. The highest BCUT2D eigenvalue weighted by atomic mass is 32.2. The maximum atomic E-state index is 11.8. The summed E-state index contributed by atoms with van der Waals surface area (Å²) in [6.45, 7) is 0. The Morgan fingerprint density at radius 2 is 2.06 bits per heavy atom. The monoisotopic (exact) mass is 284 g/mol. The van der Waals surface area contributed by atoms with Gasteiger partial charge in [0, 0.05) is 0 Å². The molecule has 18 heavy (non-hydrogen) atoms. The lowest BCUT2D eigenvalue weighted by Gasteiger charge is -2.19. The number of sulfonamides is 1. The van der Waals surface area contributed by atoms with Crippen LogP contribution in [0.15, 0.2) is 18.2 Å². The lowest BCUT2D eigenvalue weighted by atomic mass is 9.91. The zero-order valence-electron chi connectivity index (χ0n) is 9.98. The van der Waals surface area contributed by atoms with Crippen LogP contribution in [0, 0.1) is 0 Å². The number of aryl methyl sites for hydroxylation is 1. The summed E-state index contributed by atoms with van der Waals surface area (Å²) in [5.74, 6) is -0.313. The Kier molecular flexibility index (Phi) is 3.87. The van der Waals surface area contributed by atoms with Crippen molar-refractivity contribution in [1.29, 1.82) is 0 Å². The SMILES string of the molecule is NC(=S)CS(=O)(=O)Nc1cccc2c1CCCC2. The summed E-state index contributed by atoms with van der Waals surface area (Å²) in [5.41, 5.74) is 8.29. The van der Waals surface area contributed by atoms with Crippen molar-refractivity contribution >= 4 is 32.9 Å². The van der Waals surface area contributed by atoms with Gasteiger partial charge in [-0.25, -0.2) is 8.42 Å². The molecule has 0 radical (unpaired) electrons. The average Bonchev–Trinajstić information content (AvgIpc) is 2.27. The van der Waals surface area contributed by atoms with E-state index in [-0.39, 0.29) is 10.7 Å². The molecule has 0 amide bonds. The molecule has 1 aromatic rings. The first-order valence-electron chi connectivity index (χ1n) is 5.87. The molecule has 1 aliphatic carbocycles. The van der Waals surface area contributed by atoms with Gasteiger partial charge in [-0.15, -0.1) is 0 Å². The molecule has 0 atom stereocenters. The fourth-order valence-electron chi connectivity index (χ4n) is 2.27. The fraction of sp³-hybridized carbons (Fsp3) is 0.417. The molecular formula is C12H16N2O2S2. The third-order valence-electron chi connectivity index (χ3n) is 2.99. The number of fused-ring (bicyclic) bond motifs is 1. The summed E-state index contributed by atoms with van der Waals surface area (Å²) < 4.78 is 26.2. The number of nitrogens with one attached hydrogen (secondary N) is 1. The first kappa shape index (κ1) is 13.3. The number of rotatable bonds is 4. The van der Waals surface area contributed by atoms with Crippen molar-refractivity contribution in [1.82, 2.24) is 0 Å². The Balaban J connectivity index is 2.27. The zero-order chi connectivity index (χ0) is 13.2. The topological polar surface area (TPSA) is 72.2 Å². The number of anilines is 1. The van der Waals surface area contributed by atoms with Crippen molar-refractivity contribution in [2.75, 3.05) is 10.5 Å². The predicted molar refractivity (Wildman–Crippen MR) is 77.3 cm³/mol. The van der Waals surface area contributed by atoms with E-state index in [4.69, 9.17) is 5.73 Å². The molecule has 0 aromatic heterocycles. The molecule has 1 aliphatic rings. The molecule has 0 fully saturated rings. The summed E-state index contributed by atoms with van der Waals surface area (Å²) in [4.78, 5) is -0.0210. The van der Waals surface area contributed by atoms with Gasteiger partial charge in [-0.3, -0.25) is 4.72 Å². The highest BCUT2D eigenvalue weighted by molar-refractivity contribution is 7.95. The molecule has 0 spiro atoms. The molecule has 0 heterocycles. The van der Waals surface area contributed by atoms with Crippen LogP contribution in [0.25, 0.3) is 0 Å². The van der Waals surface area contributed by atoms with E-state index in [1.807, 2.05) is 6.07 Å². The number of hydrogen-bond acceptors (Lipinski definition) is 3. The molecule has 2 rings (SSSR count). The Morgan fingerprint density at radius 3 is 2.78 bits per heavy atom. The molecule has 0 unspecified atom stereocenters. The van der Waals surface area contributed by atoms with Crippen molar-refractivity contribution in [2.24, 2.45) is 5.73 Å². The highest BCUT2D eigenvalue weighted by Gasteiger charge is 2.17. The Labute approximate surface area is 113 Å². The minimum atomic E-state index is -3.48. The van der Waals surface area contributed by atoms with E-state index in [0.29, 0.717) is 5.69 Å². The van der Waals surface area contributed by atoms with E-state index in [1.165, 1.54) is 5.56 Å².